The van der Waals surface area contributed by atoms with Crippen LogP contribution in [0.5, 0.6) is 0 Å². The first-order valence-electron chi connectivity index (χ1n) is 5.12. The lowest BCUT2D eigenvalue weighted by molar-refractivity contribution is 0.146. The maximum atomic E-state index is 9.80. The van der Waals surface area contributed by atoms with Gasteiger partial charge in [0.25, 0.3) is 0 Å². The van der Waals surface area contributed by atoms with E-state index < -0.39 is 0 Å². The van der Waals surface area contributed by atoms with Crippen LogP contribution in [-0.2, 0) is 0 Å². The molecule has 14 heavy (non-hydrogen) atoms. The van der Waals surface area contributed by atoms with Gasteiger partial charge in [0.05, 0.1) is 6.10 Å². The molecule has 76 valence electrons. The molecule has 1 fully saturated rings. The van der Waals surface area contributed by atoms with E-state index in [1.165, 1.54) is 5.56 Å². The highest BCUT2D eigenvalue weighted by atomic mass is 127. The van der Waals surface area contributed by atoms with E-state index in [0.29, 0.717) is 15.8 Å². The Bertz CT molecular complexity index is 298. The molecule has 0 heterocycles. The molecule has 0 saturated heterocycles. The van der Waals surface area contributed by atoms with Crippen LogP contribution >= 0.6 is 22.6 Å². The summed E-state index contributed by atoms with van der Waals surface area (Å²) in [5, 5.41) is 9.80. The van der Waals surface area contributed by atoms with E-state index in [4.69, 9.17) is 0 Å². The minimum absolute atomic E-state index is 0.123. The SMILES string of the molecule is CC[C@H](O)[C@H]1[C@H](I)[C@@H]1c1ccccc1. The van der Waals surface area contributed by atoms with Gasteiger partial charge in [0.15, 0.2) is 0 Å². The highest BCUT2D eigenvalue weighted by Crippen LogP contribution is 2.55. The summed E-state index contributed by atoms with van der Waals surface area (Å²) in [5.41, 5.74) is 1.38. The molecular formula is C12H15IO. The minimum atomic E-state index is -0.123. The highest BCUT2D eigenvalue weighted by Gasteiger charge is 2.52. The molecule has 1 saturated carbocycles. The van der Waals surface area contributed by atoms with Gasteiger partial charge in [-0.05, 0) is 12.0 Å². The molecule has 1 nitrogen and oxygen atoms in total. The van der Waals surface area contributed by atoms with Crippen LogP contribution in [0.25, 0.3) is 0 Å². The normalized spacial score (nSPS) is 32.6. The molecule has 0 amide bonds. The van der Waals surface area contributed by atoms with Crippen molar-refractivity contribution in [2.75, 3.05) is 0 Å². The van der Waals surface area contributed by atoms with Gasteiger partial charge < -0.3 is 5.11 Å². The average Bonchev–Trinajstić information content (AvgIpc) is 2.90. The maximum absolute atomic E-state index is 9.80. The first-order chi connectivity index (χ1) is 6.75. The van der Waals surface area contributed by atoms with E-state index in [2.05, 4.69) is 53.8 Å². The van der Waals surface area contributed by atoms with Crippen molar-refractivity contribution in [2.45, 2.75) is 29.3 Å². The van der Waals surface area contributed by atoms with Crippen molar-refractivity contribution in [2.24, 2.45) is 5.92 Å². The Balaban J connectivity index is 2.09. The molecule has 1 aromatic rings. The van der Waals surface area contributed by atoms with Gasteiger partial charge in [0, 0.05) is 15.8 Å². The fourth-order valence-electron chi connectivity index (χ4n) is 2.10. The molecule has 2 rings (SSSR count). The van der Waals surface area contributed by atoms with Crippen molar-refractivity contribution >= 4 is 22.6 Å². The zero-order chi connectivity index (χ0) is 10.1. The van der Waals surface area contributed by atoms with Gasteiger partial charge in [-0.2, -0.15) is 0 Å². The second-order valence-corrected chi connectivity index (χ2v) is 5.37. The third-order valence-corrected chi connectivity index (χ3v) is 4.64. The van der Waals surface area contributed by atoms with E-state index in [0.717, 1.165) is 6.42 Å². The van der Waals surface area contributed by atoms with E-state index in [1.807, 2.05) is 6.07 Å². The molecule has 1 aliphatic carbocycles. The predicted molar refractivity (Wildman–Crippen MR) is 66.8 cm³/mol. The summed E-state index contributed by atoms with van der Waals surface area (Å²) in [6.45, 7) is 2.05. The van der Waals surface area contributed by atoms with E-state index in [-0.39, 0.29) is 6.10 Å². The zero-order valence-electron chi connectivity index (χ0n) is 8.23. The fourth-order valence-corrected chi connectivity index (χ4v) is 3.68. The van der Waals surface area contributed by atoms with Gasteiger partial charge in [0.1, 0.15) is 0 Å². The number of hydrogen-bond donors (Lipinski definition) is 1. The van der Waals surface area contributed by atoms with Crippen molar-refractivity contribution in [3.05, 3.63) is 35.9 Å². The van der Waals surface area contributed by atoms with Crippen molar-refractivity contribution in [3.63, 3.8) is 0 Å². The number of halogens is 1. The first-order valence-corrected chi connectivity index (χ1v) is 6.37. The van der Waals surface area contributed by atoms with Crippen molar-refractivity contribution in [3.8, 4) is 0 Å². The summed E-state index contributed by atoms with van der Waals surface area (Å²) in [5.74, 6) is 1.05. The molecule has 0 spiro atoms. The van der Waals surface area contributed by atoms with E-state index >= 15 is 0 Å². The molecule has 4 atom stereocenters. The van der Waals surface area contributed by atoms with Crippen LogP contribution in [0.1, 0.15) is 24.8 Å². The molecule has 1 N–H and O–H groups in total. The molecule has 1 aromatic carbocycles. The van der Waals surface area contributed by atoms with Crippen molar-refractivity contribution < 1.29 is 5.11 Å². The molecule has 2 heteroatoms. The molecule has 0 radical (unpaired) electrons. The van der Waals surface area contributed by atoms with Crippen LogP contribution in [0.4, 0.5) is 0 Å². The monoisotopic (exact) mass is 302 g/mol. The number of aliphatic hydroxyl groups is 1. The first kappa shape index (κ1) is 10.4. The highest BCUT2D eigenvalue weighted by molar-refractivity contribution is 14.1. The minimum Gasteiger partial charge on any atom is -0.393 e. The topological polar surface area (TPSA) is 20.2 Å². The Kier molecular flexibility index (Phi) is 3.12. The summed E-state index contributed by atoms with van der Waals surface area (Å²) < 4.78 is 0.616. The Labute approximate surface area is 98.7 Å². The van der Waals surface area contributed by atoms with Crippen molar-refractivity contribution in [1.82, 2.24) is 0 Å². The third kappa shape index (κ3) is 1.82. The molecule has 0 aromatic heterocycles. The van der Waals surface area contributed by atoms with Crippen LogP contribution in [0.15, 0.2) is 30.3 Å². The molecule has 0 bridgehead atoms. The van der Waals surface area contributed by atoms with Crippen LogP contribution < -0.4 is 0 Å². The quantitative estimate of drug-likeness (QED) is 0.672. The van der Waals surface area contributed by atoms with Crippen LogP contribution in [-0.4, -0.2) is 15.1 Å². The summed E-state index contributed by atoms with van der Waals surface area (Å²) in [6, 6.07) is 10.5. The van der Waals surface area contributed by atoms with E-state index in [9.17, 15) is 5.11 Å². The number of alkyl halides is 1. The standard InChI is InChI=1S/C12H15IO/c1-2-9(14)11-10(12(11)13)8-6-4-3-5-7-8/h3-7,9-12,14H,2H2,1H3/t9-,10+,11+,12+/m0/s1. The lowest BCUT2D eigenvalue weighted by Crippen LogP contribution is -2.09. The number of hydrogen-bond acceptors (Lipinski definition) is 1. The van der Waals surface area contributed by atoms with Gasteiger partial charge in [-0.1, -0.05) is 59.8 Å². The number of aliphatic hydroxyl groups excluding tert-OH is 1. The number of benzene rings is 1. The Hall–Kier alpha value is -0.0900. The zero-order valence-corrected chi connectivity index (χ0v) is 10.4. The summed E-state index contributed by atoms with van der Waals surface area (Å²) in [4.78, 5) is 0. The molecular weight excluding hydrogens is 287 g/mol. The summed E-state index contributed by atoms with van der Waals surface area (Å²) in [7, 11) is 0. The largest absolute Gasteiger partial charge is 0.393 e. The van der Waals surface area contributed by atoms with Gasteiger partial charge >= 0.3 is 0 Å². The lowest BCUT2D eigenvalue weighted by Gasteiger charge is -2.05. The van der Waals surface area contributed by atoms with Gasteiger partial charge in [-0.3, -0.25) is 0 Å². The third-order valence-electron chi connectivity index (χ3n) is 3.03. The smallest absolute Gasteiger partial charge is 0.0582 e. The summed E-state index contributed by atoms with van der Waals surface area (Å²) >= 11 is 2.46. The van der Waals surface area contributed by atoms with Crippen LogP contribution in [0, 0.1) is 5.92 Å². The van der Waals surface area contributed by atoms with Gasteiger partial charge in [0.2, 0.25) is 0 Å². The van der Waals surface area contributed by atoms with Crippen molar-refractivity contribution in [1.29, 1.82) is 0 Å². The molecule has 0 aliphatic heterocycles. The Morgan fingerprint density at radius 3 is 2.57 bits per heavy atom. The Morgan fingerprint density at radius 2 is 2.00 bits per heavy atom. The van der Waals surface area contributed by atoms with Crippen LogP contribution in [0.3, 0.4) is 0 Å². The van der Waals surface area contributed by atoms with Gasteiger partial charge in [-0.25, -0.2) is 0 Å². The average molecular weight is 302 g/mol. The molecule has 0 unspecified atom stereocenters. The van der Waals surface area contributed by atoms with Crippen LogP contribution in [0.2, 0.25) is 0 Å². The molecule has 1 aliphatic rings. The van der Waals surface area contributed by atoms with E-state index in [1.54, 1.807) is 0 Å². The Morgan fingerprint density at radius 1 is 1.36 bits per heavy atom. The predicted octanol–water partition coefficient (Wildman–Crippen LogP) is 2.97. The van der Waals surface area contributed by atoms with Gasteiger partial charge in [-0.15, -0.1) is 0 Å². The second kappa shape index (κ2) is 4.19. The number of rotatable bonds is 3. The fraction of sp³-hybridized carbons (Fsp3) is 0.500. The lowest BCUT2D eigenvalue weighted by atomic mass is 10.1. The maximum Gasteiger partial charge on any atom is 0.0582 e. The second-order valence-electron chi connectivity index (χ2n) is 3.93. The summed E-state index contributed by atoms with van der Waals surface area (Å²) in [6.07, 6.45) is 0.746.